The average molecular weight is 368 g/mol. The summed E-state index contributed by atoms with van der Waals surface area (Å²) in [6.45, 7) is 1.39. The number of nitrogens with zero attached hydrogens (tertiary/aromatic N) is 1. The molecule has 3 aromatic rings. The molecule has 1 amide bonds. The zero-order chi connectivity index (χ0) is 19.2. The summed E-state index contributed by atoms with van der Waals surface area (Å²) >= 11 is 0. The number of aromatic nitrogens is 1. The molecule has 0 saturated carbocycles. The van der Waals surface area contributed by atoms with E-state index in [1.807, 2.05) is 12.1 Å². The highest BCUT2D eigenvalue weighted by atomic mass is 16.5. The Morgan fingerprint density at radius 3 is 2.41 bits per heavy atom. The summed E-state index contributed by atoms with van der Waals surface area (Å²) in [5, 5.41) is 4.16. The van der Waals surface area contributed by atoms with Gasteiger partial charge in [-0.2, -0.15) is 0 Å². The first-order valence-corrected chi connectivity index (χ1v) is 8.80. The topological polar surface area (TPSA) is 61.7 Å². The summed E-state index contributed by atoms with van der Waals surface area (Å²) in [5.74, 6) is 1.25. The van der Waals surface area contributed by atoms with E-state index in [1.165, 1.54) is 25.1 Å². The van der Waals surface area contributed by atoms with Gasteiger partial charge in [0.25, 0.3) is 5.91 Å². The van der Waals surface area contributed by atoms with Gasteiger partial charge < -0.3 is 24.1 Å². The van der Waals surface area contributed by atoms with E-state index in [0.29, 0.717) is 29.4 Å². The van der Waals surface area contributed by atoms with Crippen LogP contribution in [-0.2, 0) is 6.54 Å². The van der Waals surface area contributed by atoms with E-state index in [-0.39, 0.29) is 5.91 Å². The molecule has 142 valence electrons. The van der Waals surface area contributed by atoms with Crippen molar-refractivity contribution in [2.45, 2.75) is 13.0 Å². The van der Waals surface area contributed by atoms with Crippen molar-refractivity contribution in [2.24, 2.45) is 0 Å². The molecule has 0 bridgehead atoms. The monoisotopic (exact) mass is 368 g/mol. The quantitative estimate of drug-likeness (QED) is 0.618. The van der Waals surface area contributed by atoms with Gasteiger partial charge in [-0.15, -0.1) is 0 Å². The van der Waals surface area contributed by atoms with Gasteiger partial charge in [-0.1, -0.05) is 18.2 Å². The second kappa shape index (κ2) is 8.49. The predicted molar refractivity (Wildman–Crippen MR) is 105 cm³/mol. The summed E-state index contributed by atoms with van der Waals surface area (Å²) in [6, 6.07) is 13.6. The van der Waals surface area contributed by atoms with Crippen molar-refractivity contribution >= 4 is 16.8 Å². The van der Waals surface area contributed by atoms with E-state index in [4.69, 9.17) is 14.2 Å². The summed E-state index contributed by atoms with van der Waals surface area (Å²) in [4.78, 5) is 12.6. The average Bonchev–Trinajstić information content (AvgIpc) is 3.13. The van der Waals surface area contributed by atoms with Gasteiger partial charge in [0, 0.05) is 36.9 Å². The Labute approximate surface area is 158 Å². The highest BCUT2D eigenvalue weighted by Gasteiger charge is 2.17. The molecule has 2 aromatic carbocycles. The Bertz CT molecular complexity index is 933. The molecule has 0 aliphatic carbocycles. The van der Waals surface area contributed by atoms with Crippen LogP contribution in [-0.4, -0.2) is 38.3 Å². The van der Waals surface area contributed by atoms with E-state index >= 15 is 0 Å². The van der Waals surface area contributed by atoms with Gasteiger partial charge in [-0.05, 0) is 23.9 Å². The van der Waals surface area contributed by atoms with Crippen LogP contribution in [0, 0.1) is 0 Å². The molecule has 0 atom stereocenters. The van der Waals surface area contributed by atoms with Crippen molar-refractivity contribution < 1.29 is 19.0 Å². The van der Waals surface area contributed by atoms with E-state index in [1.54, 1.807) is 19.2 Å². The predicted octanol–water partition coefficient (Wildman–Crippen LogP) is 3.49. The third kappa shape index (κ3) is 4.00. The van der Waals surface area contributed by atoms with E-state index in [9.17, 15) is 4.79 Å². The Balaban J connectivity index is 1.62. The van der Waals surface area contributed by atoms with Gasteiger partial charge in [-0.3, -0.25) is 4.79 Å². The van der Waals surface area contributed by atoms with Crippen LogP contribution in [0.1, 0.15) is 16.8 Å². The number of ether oxygens (including phenoxy) is 3. The molecule has 0 aliphatic rings. The van der Waals surface area contributed by atoms with Crippen LogP contribution in [0.2, 0.25) is 0 Å². The minimum absolute atomic E-state index is 0.204. The number of hydrogen-bond donors (Lipinski definition) is 1. The van der Waals surface area contributed by atoms with Gasteiger partial charge in [0.15, 0.2) is 11.5 Å². The lowest BCUT2D eigenvalue weighted by Crippen LogP contribution is -2.25. The minimum atomic E-state index is -0.204. The summed E-state index contributed by atoms with van der Waals surface area (Å²) < 4.78 is 18.0. The number of methoxy groups -OCH3 is 3. The number of para-hydroxylation sites is 1. The van der Waals surface area contributed by atoms with Crippen molar-refractivity contribution in [3.63, 3.8) is 0 Å². The fourth-order valence-corrected chi connectivity index (χ4v) is 3.09. The molecular formula is C21H24N2O4. The number of aryl methyl sites for hydroxylation is 1. The van der Waals surface area contributed by atoms with Gasteiger partial charge >= 0.3 is 0 Å². The number of carbonyl (C=O) groups excluding carboxylic acids is 1. The van der Waals surface area contributed by atoms with Crippen molar-refractivity contribution in [1.29, 1.82) is 0 Å². The molecule has 3 rings (SSSR count). The Morgan fingerprint density at radius 2 is 1.67 bits per heavy atom. The molecule has 0 unspecified atom stereocenters. The maximum atomic E-state index is 12.6. The second-order valence-electron chi connectivity index (χ2n) is 6.08. The van der Waals surface area contributed by atoms with Crippen LogP contribution in [0.15, 0.2) is 48.7 Å². The second-order valence-corrected chi connectivity index (χ2v) is 6.08. The summed E-state index contributed by atoms with van der Waals surface area (Å²) in [7, 11) is 4.60. The number of hydrogen-bond acceptors (Lipinski definition) is 4. The Morgan fingerprint density at radius 1 is 0.963 bits per heavy atom. The maximum absolute atomic E-state index is 12.6. The third-order valence-corrected chi connectivity index (χ3v) is 4.49. The SMILES string of the molecule is COc1cc(OC)c(C(=O)NCCCn2ccc3ccccc32)cc1OC. The largest absolute Gasteiger partial charge is 0.496 e. The molecule has 0 saturated heterocycles. The molecule has 1 heterocycles. The van der Waals surface area contributed by atoms with Gasteiger partial charge in [-0.25, -0.2) is 0 Å². The highest BCUT2D eigenvalue weighted by Crippen LogP contribution is 2.34. The fourth-order valence-electron chi connectivity index (χ4n) is 3.09. The van der Waals surface area contributed by atoms with Crippen molar-refractivity contribution in [3.05, 3.63) is 54.2 Å². The zero-order valence-corrected chi connectivity index (χ0v) is 15.8. The number of benzene rings is 2. The van der Waals surface area contributed by atoms with Crippen molar-refractivity contribution in [1.82, 2.24) is 9.88 Å². The molecule has 1 aromatic heterocycles. The molecule has 1 N–H and O–H groups in total. The van der Waals surface area contributed by atoms with Crippen molar-refractivity contribution in [3.8, 4) is 17.2 Å². The van der Waals surface area contributed by atoms with Gasteiger partial charge in [0.05, 0.1) is 26.9 Å². The number of amides is 1. The maximum Gasteiger partial charge on any atom is 0.255 e. The zero-order valence-electron chi connectivity index (χ0n) is 15.8. The van der Waals surface area contributed by atoms with Crippen LogP contribution in [0.3, 0.4) is 0 Å². The number of rotatable bonds is 8. The van der Waals surface area contributed by atoms with Gasteiger partial charge in [0.2, 0.25) is 0 Å². The molecule has 0 spiro atoms. The standard InChI is InChI=1S/C21H24N2O4/c1-25-18-14-20(27-3)19(26-2)13-16(18)21(24)22-10-6-11-23-12-9-15-7-4-5-8-17(15)23/h4-5,7-9,12-14H,6,10-11H2,1-3H3,(H,22,24). The van der Waals surface area contributed by atoms with Crippen molar-refractivity contribution in [2.75, 3.05) is 27.9 Å². The number of nitrogens with one attached hydrogen (secondary N) is 1. The molecule has 27 heavy (non-hydrogen) atoms. The van der Waals surface area contributed by atoms with E-state index in [0.717, 1.165) is 13.0 Å². The molecule has 6 nitrogen and oxygen atoms in total. The lowest BCUT2D eigenvalue weighted by Gasteiger charge is -2.14. The Kier molecular flexibility index (Phi) is 5.86. The van der Waals surface area contributed by atoms with Crippen LogP contribution in [0.4, 0.5) is 0 Å². The fraction of sp³-hybridized carbons (Fsp3) is 0.286. The van der Waals surface area contributed by atoms with Crippen LogP contribution in [0.5, 0.6) is 17.2 Å². The lowest BCUT2D eigenvalue weighted by molar-refractivity contribution is 0.0949. The van der Waals surface area contributed by atoms with Crippen LogP contribution < -0.4 is 19.5 Å². The molecule has 6 heteroatoms. The first kappa shape index (κ1) is 18.6. The smallest absolute Gasteiger partial charge is 0.255 e. The molecular weight excluding hydrogens is 344 g/mol. The minimum Gasteiger partial charge on any atom is -0.496 e. The normalized spacial score (nSPS) is 10.6. The molecule has 0 radical (unpaired) electrons. The first-order valence-electron chi connectivity index (χ1n) is 8.80. The van der Waals surface area contributed by atoms with E-state index in [2.05, 4.69) is 34.3 Å². The van der Waals surface area contributed by atoms with E-state index < -0.39 is 0 Å². The number of carbonyl (C=O) groups is 1. The lowest BCUT2D eigenvalue weighted by atomic mass is 10.1. The third-order valence-electron chi connectivity index (χ3n) is 4.49. The molecule has 0 aliphatic heterocycles. The Hall–Kier alpha value is -3.15. The summed E-state index contributed by atoms with van der Waals surface area (Å²) in [5.41, 5.74) is 1.62. The highest BCUT2D eigenvalue weighted by molar-refractivity contribution is 5.97. The summed E-state index contributed by atoms with van der Waals surface area (Å²) in [6.07, 6.45) is 2.89. The van der Waals surface area contributed by atoms with Gasteiger partial charge in [0.1, 0.15) is 5.75 Å². The van der Waals surface area contributed by atoms with Crippen LogP contribution >= 0.6 is 0 Å². The molecule has 0 fully saturated rings. The number of fused-ring (bicyclic) bond motifs is 1. The van der Waals surface area contributed by atoms with Crippen LogP contribution in [0.25, 0.3) is 10.9 Å². The first-order chi connectivity index (χ1) is 13.2.